The third kappa shape index (κ3) is 3.77. The van der Waals surface area contributed by atoms with Crippen molar-refractivity contribution in [3.05, 3.63) is 35.9 Å². The number of aromatic nitrogens is 3. The first-order valence-electron chi connectivity index (χ1n) is 10.3. The van der Waals surface area contributed by atoms with E-state index in [0.717, 1.165) is 23.9 Å². The van der Waals surface area contributed by atoms with Gasteiger partial charge in [0.05, 0.1) is 16.6 Å². The SMILES string of the molecule is CC(C)[C@@H]1CC[C@@H](C)CC1Oc1nc(N)c(-c2nc3ccccc3[nH]2)cc1C#N. The van der Waals surface area contributed by atoms with Crippen LogP contribution < -0.4 is 10.5 Å². The average molecular weight is 390 g/mol. The Morgan fingerprint density at radius 3 is 2.76 bits per heavy atom. The van der Waals surface area contributed by atoms with Gasteiger partial charge in [-0.2, -0.15) is 10.2 Å². The number of aromatic amines is 1. The third-order valence-corrected chi connectivity index (χ3v) is 6.01. The topological polar surface area (TPSA) is 101 Å². The molecule has 3 aromatic rings. The fraction of sp³-hybridized carbons (Fsp3) is 0.435. The maximum absolute atomic E-state index is 9.74. The lowest BCUT2D eigenvalue weighted by Gasteiger charge is -2.37. The van der Waals surface area contributed by atoms with Crippen molar-refractivity contribution in [1.82, 2.24) is 15.0 Å². The van der Waals surface area contributed by atoms with E-state index in [-0.39, 0.29) is 6.10 Å². The van der Waals surface area contributed by atoms with E-state index in [1.54, 1.807) is 6.07 Å². The predicted molar refractivity (Wildman–Crippen MR) is 114 cm³/mol. The van der Waals surface area contributed by atoms with Crippen LogP contribution in [0, 0.1) is 29.1 Å². The summed E-state index contributed by atoms with van der Waals surface area (Å²) >= 11 is 0. The summed E-state index contributed by atoms with van der Waals surface area (Å²) in [6, 6.07) is 11.7. The Morgan fingerprint density at radius 1 is 1.24 bits per heavy atom. The smallest absolute Gasteiger partial charge is 0.233 e. The second-order valence-electron chi connectivity index (χ2n) is 8.47. The number of anilines is 1. The van der Waals surface area contributed by atoms with Gasteiger partial charge in [0.1, 0.15) is 29.4 Å². The first-order valence-corrected chi connectivity index (χ1v) is 10.3. The number of nitriles is 1. The van der Waals surface area contributed by atoms with Gasteiger partial charge in [-0.1, -0.05) is 39.3 Å². The van der Waals surface area contributed by atoms with Crippen LogP contribution in [0.3, 0.4) is 0 Å². The zero-order valence-corrected chi connectivity index (χ0v) is 17.1. The summed E-state index contributed by atoms with van der Waals surface area (Å²) in [5, 5.41) is 9.74. The van der Waals surface area contributed by atoms with Crippen molar-refractivity contribution in [2.45, 2.75) is 46.1 Å². The van der Waals surface area contributed by atoms with Gasteiger partial charge < -0.3 is 15.5 Å². The number of fused-ring (bicyclic) bond motifs is 1. The molecule has 6 heteroatoms. The molecule has 2 aromatic heterocycles. The third-order valence-electron chi connectivity index (χ3n) is 6.01. The second-order valence-corrected chi connectivity index (χ2v) is 8.47. The number of imidazole rings is 1. The van der Waals surface area contributed by atoms with Gasteiger partial charge >= 0.3 is 0 Å². The highest BCUT2D eigenvalue weighted by Crippen LogP contribution is 2.37. The van der Waals surface area contributed by atoms with Gasteiger partial charge in [0.15, 0.2) is 0 Å². The van der Waals surface area contributed by atoms with Crippen molar-refractivity contribution in [2.75, 3.05) is 5.73 Å². The molecule has 0 spiro atoms. The molecule has 29 heavy (non-hydrogen) atoms. The molecule has 0 bridgehead atoms. The van der Waals surface area contributed by atoms with Crippen molar-refractivity contribution in [1.29, 1.82) is 5.26 Å². The van der Waals surface area contributed by atoms with Crippen LogP contribution in [0.4, 0.5) is 5.82 Å². The van der Waals surface area contributed by atoms with E-state index >= 15 is 0 Å². The summed E-state index contributed by atoms with van der Waals surface area (Å²) in [4.78, 5) is 12.3. The number of hydrogen-bond donors (Lipinski definition) is 2. The van der Waals surface area contributed by atoms with Crippen LogP contribution in [0.15, 0.2) is 30.3 Å². The molecule has 6 nitrogen and oxygen atoms in total. The van der Waals surface area contributed by atoms with Gasteiger partial charge in [0.25, 0.3) is 0 Å². The largest absolute Gasteiger partial charge is 0.473 e. The number of pyridine rings is 1. The van der Waals surface area contributed by atoms with Crippen LogP contribution in [0.25, 0.3) is 22.4 Å². The highest BCUT2D eigenvalue weighted by Gasteiger charge is 2.33. The van der Waals surface area contributed by atoms with Crippen molar-refractivity contribution >= 4 is 16.9 Å². The maximum Gasteiger partial charge on any atom is 0.233 e. The van der Waals surface area contributed by atoms with Crippen molar-refractivity contribution in [3.63, 3.8) is 0 Å². The molecule has 2 heterocycles. The first-order chi connectivity index (χ1) is 14.0. The summed E-state index contributed by atoms with van der Waals surface area (Å²) in [6.07, 6.45) is 3.38. The number of nitrogens with one attached hydrogen (secondary N) is 1. The molecule has 1 aliphatic carbocycles. The Hall–Kier alpha value is -3.07. The minimum absolute atomic E-state index is 0.0507. The van der Waals surface area contributed by atoms with E-state index in [4.69, 9.17) is 10.5 Å². The summed E-state index contributed by atoms with van der Waals surface area (Å²) in [6.45, 7) is 6.72. The quantitative estimate of drug-likeness (QED) is 0.660. The number of para-hydroxylation sites is 2. The number of nitrogens with zero attached hydrogens (tertiary/aromatic N) is 3. The fourth-order valence-corrected chi connectivity index (χ4v) is 4.34. The van der Waals surface area contributed by atoms with Gasteiger partial charge in [-0.15, -0.1) is 0 Å². The van der Waals surface area contributed by atoms with E-state index < -0.39 is 0 Å². The zero-order chi connectivity index (χ0) is 20.5. The van der Waals surface area contributed by atoms with Gasteiger partial charge in [-0.3, -0.25) is 0 Å². The summed E-state index contributed by atoms with van der Waals surface area (Å²) < 4.78 is 6.31. The highest BCUT2D eigenvalue weighted by atomic mass is 16.5. The molecule has 1 unspecified atom stereocenters. The lowest BCUT2D eigenvalue weighted by atomic mass is 9.75. The van der Waals surface area contributed by atoms with Crippen molar-refractivity contribution in [2.24, 2.45) is 17.8 Å². The normalized spacial score (nSPS) is 22.0. The molecule has 0 amide bonds. The maximum atomic E-state index is 9.74. The van der Waals surface area contributed by atoms with Crippen LogP contribution in [0.1, 0.15) is 45.6 Å². The van der Waals surface area contributed by atoms with Gasteiger partial charge in [-0.05, 0) is 48.8 Å². The zero-order valence-electron chi connectivity index (χ0n) is 17.1. The monoisotopic (exact) mass is 389 g/mol. The number of nitrogens with two attached hydrogens (primary N) is 1. The van der Waals surface area contributed by atoms with Gasteiger partial charge in [0, 0.05) is 0 Å². The molecule has 3 N–H and O–H groups in total. The summed E-state index contributed by atoms with van der Waals surface area (Å²) in [5.41, 5.74) is 9.02. The van der Waals surface area contributed by atoms with Crippen LogP contribution in [-0.2, 0) is 0 Å². The number of rotatable bonds is 4. The predicted octanol–water partition coefficient (Wildman–Crippen LogP) is 4.92. The van der Waals surface area contributed by atoms with E-state index in [1.807, 2.05) is 24.3 Å². The molecule has 150 valence electrons. The lowest BCUT2D eigenvalue weighted by Crippen LogP contribution is -2.36. The molecule has 0 saturated heterocycles. The Labute approximate surface area is 171 Å². The molecular formula is C23H27N5O. The Balaban J connectivity index is 1.68. The minimum atomic E-state index is 0.0507. The lowest BCUT2D eigenvalue weighted by molar-refractivity contribution is 0.0425. The molecule has 4 rings (SSSR count). The molecular weight excluding hydrogens is 362 g/mol. The molecule has 0 radical (unpaired) electrons. The van der Waals surface area contributed by atoms with Crippen LogP contribution in [0.5, 0.6) is 5.88 Å². The van der Waals surface area contributed by atoms with Crippen LogP contribution >= 0.6 is 0 Å². The average Bonchev–Trinajstić information content (AvgIpc) is 3.12. The number of nitrogen functional groups attached to an aromatic ring is 1. The summed E-state index contributed by atoms with van der Waals surface area (Å²) in [5.74, 6) is 2.82. The van der Waals surface area contributed by atoms with Crippen LogP contribution in [-0.4, -0.2) is 21.1 Å². The van der Waals surface area contributed by atoms with Crippen LogP contribution in [0.2, 0.25) is 0 Å². The number of ether oxygens (including phenoxy) is 1. The minimum Gasteiger partial charge on any atom is -0.473 e. The van der Waals surface area contributed by atoms with Gasteiger partial charge in [-0.25, -0.2) is 4.98 Å². The molecule has 1 aliphatic rings. The van der Waals surface area contributed by atoms with Crippen molar-refractivity contribution < 1.29 is 4.74 Å². The van der Waals surface area contributed by atoms with E-state index in [2.05, 4.69) is 41.8 Å². The first kappa shape index (κ1) is 19.3. The number of H-pyrrole nitrogens is 1. The highest BCUT2D eigenvalue weighted by molar-refractivity contribution is 5.82. The summed E-state index contributed by atoms with van der Waals surface area (Å²) in [7, 11) is 0. The van der Waals surface area contributed by atoms with E-state index in [0.29, 0.717) is 46.4 Å². The Bertz CT molecular complexity index is 1030. The van der Waals surface area contributed by atoms with E-state index in [1.165, 1.54) is 6.42 Å². The Kier molecular flexibility index (Phi) is 5.14. The van der Waals surface area contributed by atoms with Crippen molar-refractivity contribution in [3.8, 4) is 23.3 Å². The molecule has 1 saturated carbocycles. The molecule has 1 aromatic carbocycles. The standard InChI is InChI=1S/C23H27N5O/c1-13(2)16-9-8-14(3)10-20(16)29-23-15(12-24)11-17(21(25)28-23)22-26-18-6-4-5-7-19(18)27-22/h4-7,11,13-14,16,20H,8-10H2,1-3H3,(H2,25,28)(H,26,27)/t14-,16+,20?/m1/s1. The van der Waals surface area contributed by atoms with Gasteiger partial charge in [0.2, 0.25) is 5.88 Å². The Morgan fingerprint density at radius 2 is 2.03 bits per heavy atom. The molecule has 0 aliphatic heterocycles. The fourth-order valence-electron chi connectivity index (χ4n) is 4.34. The number of benzene rings is 1. The molecule has 3 atom stereocenters. The second kappa shape index (κ2) is 7.75. The molecule has 1 fully saturated rings. The number of hydrogen-bond acceptors (Lipinski definition) is 5. The van der Waals surface area contributed by atoms with E-state index in [9.17, 15) is 5.26 Å².